The van der Waals surface area contributed by atoms with E-state index in [-0.39, 0.29) is 5.25 Å². The Labute approximate surface area is 191 Å². The van der Waals surface area contributed by atoms with Crippen LogP contribution in [0.15, 0.2) is 47.8 Å². The summed E-state index contributed by atoms with van der Waals surface area (Å²) in [5.41, 5.74) is 4.02. The van der Waals surface area contributed by atoms with Gasteiger partial charge in [-0.25, -0.2) is 14.5 Å². The van der Waals surface area contributed by atoms with E-state index < -0.39 is 0 Å². The van der Waals surface area contributed by atoms with E-state index in [1.165, 1.54) is 0 Å². The number of nitrogens with one attached hydrogen (secondary N) is 1. The van der Waals surface area contributed by atoms with Gasteiger partial charge in [0, 0.05) is 36.2 Å². The van der Waals surface area contributed by atoms with Gasteiger partial charge in [0.25, 0.3) is 5.78 Å². The lowest BCUT2D eigenvalue weighted by Crippen LogP contribution is -2.37. The predicted octanol–water partition coefficient (Wildman–Crippen LogP) is 3.69. The number of hydrogen-bond donors (Lipinski definition) is 1. The fraction of sp³-hybridized carbons (Fsp3) is 0.391. The number of fused-ring (bicyclic) bond motifs is 1. The molecule has 5 rings (SSSR count). The molecule has 166 valence electrons. The number of aromatic nitrogens is 6. The van der Waals surface area contributed by atoms with Crippen molar-refractivity contribution in [2.75, 3.05) is 32.8 Å². The van der Waals surface area contributed by atoms with Crippen LogP contribution in [0.5, 0.6) is 0 Å². The van der Waals surface area contributed by atoms with Gasteiger partial charge in [0.15, 0.2) is 11.0 Å². The van der Waals surface area contributed by atoms with Crippen molar-refractivity contribution in [3.8, 4) is 11.3 Å². The van der Waals surface area contributed by atoms with Crippen molar-refractivity contribution >= 4 is 17.5 Å². The minimum atomic E-state index is 0.0639. The number of aryl methyl sites for hydroxylation is 2. The third-order valence-corrected chi connectivity index (χ3v) is 6.78. The fourth-order valence-corrected chi connectivity index (χ4v) is 4.92. The molecule has 4 aromatic rings. The zero-order valence-electron chi connectivity index (χ0n) is 18.4. The highest BCUT2D eigenvalue weighted by molar-refractivity contribution is 7.99. The highest BCUT2D eigenvalue weighted by Gasteiger charge is 2.23. The van der Waals surface area contributed by atoms with Crippen LogP contribution in [0.25, 0.3) is 17.0 Å². The van der Waals surface area contributed by atoms with E-state index in [2.05, 4.69) is 27.0 Å². The fourth-order valence-electron chi connectivity index (χ4n) is 3.94. The van der Waals surface area contributed by atoms with E-state index in [0.29, 0.717) is 5.78 Å². The Hall–Kier alpha value is -2.75. The van der Waals surface area contributed by atoms with E-state index in [0.717, 1.165) is 72.9 Å². The normalized spacial score (nSPS) is 15.9. The number of ether oxygens (including phenoxy) is 1. The number of nitrogens with zero attached hydrogens (tertiary/aromatic N) is 6. The Balaban J connectivity index is 1.40. The number of benzene rings is 1. The van der Waals surface area contributed by atoms with Crippen LogP contribution in [0.2, 0.25) is 0 Å². The number of H-pyrrole nitrogens is 1. The molecule has 0 radical (unpaired) electrons. The summed E-state index contributed by atoms with van der Waals surface area (Å²) >= 11 is 1.68. The molecule has 1 fully saturated rings. The van der Waals surface area contributed by atoms with Gasteiger partial charge in [-0.05, 0) is 32.9 Å². The molecule has 1 aromatic carbocycles. The Kier molecular flexibility index (Phi) is 6.20. The van der Waals surface area contributed by atoms with E-state index in [9.17, 15) is 0 Å². The molecule has 1 unspecified atom stereocenters. The molecule has 8 nitrogen and oxygen atoms in total. The lowest BCUT2D eigenvalue weighted by molar-refractivity contribution is 0.0373. The zero-order valence-corrected chi connectivity index (χ0v) is 19.2. The second-order valence-electron chi connectivity index (χ2n) is 8.03. The smallest absolute Gasteiger partial charge is 0.252 e. The van der Waals surface area contributed by atoms with E-state index in [1.807, 2.05) is 48.8 Å². The molecule has 1 saturated heterocycles. The molecule has 1 N–H and O–H groups in total. The van der Waals surface area contributed by atoms with Gasteiger partial charge >= 0.3 is 0 Å². The Morgan fingerprint density at radius 1 is 1.09 bits per heavy atom. The average Bonchev–Trinajstić information content (AvgIpc) is 3.45. The summed E-state index contributed by atoms with van der Waals surface area (Å²) in [6.45, 7) is 8.52. The van der Waals surface area contributed by atoms with Crippen LogP contribution in [0.4, 0.5) is 0 Å². The van der Waals surface area contributed by atoms with E-state index in [1.54, 1.807) is 11.8 Å². The first-order chi connectivity index (χ1) is 15.7. The van der Waals surface area contributed by atoms with E-state index >= 15 is 0 Å². The summed E-state index contributed by atoms with van der Waals surface area (Å²) in [6, 6.07) is 12.2. The van der Waals surface area contributed by atoms with E-state index in [4.69, 9.17) is 19.8 Å². The Bertz CT molecular complexity index is 1180. The highest BCUT2D eigenvalue weighted by atomic mass is 32.2. The maximum Gasteiger partial charge on any atom is 0.252 e. The second kappa shape index (κ2) is 9.40. The molecule has 4 heterocycles. The minimum absolute atomic E-state index is 0.0639. The first-order valence-corrected chi connectivity index (χ1v) is 11.8. The maximum atomic E-state index is 5.50. The Morgan fingerprint density at radius 2 is 1.91 bits per heavy atom. The lowest BCUT2D eigenvalue weighted by Gasteiger charge is -2.27. The van der Waals surface area contributed by atoms with Gasteiger partial charge in [-0.3, -0.25) is 4.90 Å². The minimum Gasteiger partial charge on any atom is -0.379 e. The molecule has 0 bridgehead atoms. The average molecular weight is 450 g/mol. The zero-order chi connectivity index (χ0) is 21.9. The van der Waals surface area contributed by atoms with Crippen LogP contribution in [-0.4, -0.2) is 67.3 Å². The summed E-state index contributed by atoms with van der Waals surface area (Å²) in [4.78, 5) is 20.0. The van der Waals surface area contributed by atoms with Gasteiger partial charge in [-0.1, -0.05) is 42.1 Å². The molecule has 32 heavy (non-hydrogen) atoms. The summed E-state index contributed by atoms with van der Waals surface area (Å²) in [5.74, 6) is 1.45. The van der Waals surface area contributed by atoms with Crippen molar-refractivity contribution in [3.63, 3.8) is 0 Å². The summed E-state index contributed by atoms with van der Waals surface area (Å²) in [6.07, 6.45) is 2.88. The Morgan fingerprint density at radius 3 is 2.72 bits per heavy atom. The van der Waals surface area contributed by atoms with Crippen molar-refractivity contribution in [3.05, 3.63) is 59.8 Å². The molecule has 1 aliphatic rings. The predicted molar refractivity (Wildman–Crippen MR) is 125 cm³/mol. The van der Waals surface area contributed by atoms with Crippen LogP contribution >= 0.6 is 11.8 Å². The monoisotopic (exact) mass is 449 g/mol. The molecule has 0 aliphatic carbocycles. The molecular weight excluding hydrogens is 422 g/mol. The largest absolute Gasteiger partial charge is 0.379 e. The van der Waals surface area contributed by atoms with Crippen LogP contribution in [0.3, 0.4) is 0 Å². The molecule has 9 heteroatoms. The molecular formula is C23H27N7OS. The van der Waals surface area contributed by atoms with Gasteiger partial charge in [0.2, 0.25) is 0 Å². The molecule has 3 aromatic heterocycles. The molecule has 0 amide bonds. The SMILES string of the molecule is Cc1cc(C)n2nc(C(CCN3CCOCC3)Sc3nc(-c4ccccc4)c[nH]3)nc2n1. The lowest BCUT2D eigenvalue weighted by atomic mass is 10.2. The number of rotatable bonds is 7. The van der Waals surface area contributed by atoms with Crippen LogP contribution in [0, 0.1) is 13.8 Å². The standard InChI is InChI=1S/C23H27N7OS/c1-16-14-17(2)30-22(25-16)27-21(28-30)20(8-9-29-10-12-31-13-11-29)32-23-24-15-19(26-23)18-6-4-3-5-7-18/h3-7,14-15,20H,8-13H2,1-2H3,(H,24,26). The number of morpholine rings is 1. The van der Waals surface area contributed by atoms with Crippen molar-refractivity contribution in [2.45, 2.75) is 30.7 Å². The molecule has 0 saturated carbocycles. The molecule has 1 atom stereocenters. The van der Waals surface area contributed by atoms with Gasteiger partial charge in [0.1, 0.15) is 0 Å². The van der Waals surface area contributed by atoms with Gasteiger partial charge in [0.05, 0.1) is 24.2 Å². The first kappa shape index (κ1) is 21.1. The number of imidazole rings is 1. The number of thioether (sulfide) groups is 1. The summed E-state index contributed by atoms with van der Waals surface area (Å²) in [7, 11) is 0. The van der Waals surface area contributed by atoms with Crippen molar-refractivity contribution in [1.82, 2.24) is 34.4 Å². The first-order valence-electron chi connectivity index (χ1n) is 10.9. The topological polar surface area (TPSA) is 84.2 Å². The van der Waals surface area contributed by atoms with Crippen LogP contribution in [0.1, 0.15) is 28.9 Å². The quantitative estimate of drug-likeness (QED) is 0.431. The summed E-state index contributed by atoms with van der Waals surface area (Å²) in [5, 5.41) is 5.75. The van der Waals surface area contributed by atoms with Crippen molar-refractivity contribution < 1.29 is 4.74 Å². The third kappa shape index (κ3) is 4.69. The summed E-state index contributed by atoms with van der Waals surface area (Å²) < 4.78 is 7.33. The van der Waals surface area contributed by atoms with Gasteiger partial charge in [-0.15, -0.1) is 5.10 Å². The van der Waals surface area contributed by atoms with Crippen LogP contribution < -0.4 is 0 Å². The third-order valence-electron chi connectivity index (χ3n) is 5.61. The second-order valence-corrected chi connectivity index (χ2v) is 9.22. The molecule has 1 aliphatic heterocycles. The van der Waals surface area contributed by atoms with Crippen molar-refractivity contribution in [1.29, 1.82) is 0 Å². The van der Waals surface area contributed by atoms with Crippen LogP contribution in [-0.2, 0) is 4.74 Å². The van der Waals surface area contributed by atoms with Crippen molar-refractivity contribution in [2.24, 2.45) is 0 Å². The van der Waals surface area contributed by atoms with Gasteiger partial charge in [-0.2, -0.15) is 4.98 Å². The van der Waals surface area contributed by atoms with Gasteiger partial charge < -0.3 is 9.72 Å². The number of aromatic amines is 1. The highest BCUT2D eigenvalue weighted by Crippen LogP contribution is 2.36. The number of hydrogen-bond acceptors (Lipinski definition) is 7. The maximum absolute atomic E-state index is 5.50. The molecule has 0 spiro atoms.